The van der Waals surface area contributed by atoms with Gasteiger partial charge in [-0.15, -0.1) is 24.0 Å². The summed E-state index contributed by atoms with van der Waals surface area (Å²) in [5.74, 6) is 0.784. The van der Waals surface area contributed by atoms with Crippen molar-refractivity contribution in [2.75, 3.05) is 27.2 Å². The lowest BCUT2D eigenvalue weighted by Gasteiger charge is -2.30. The molecular weight excluding hydrogens is 453 g/mol. The molecule has 0 spiro atoms. The summed E-state index contributed by atoms with van der Waals surface area (Å²) in [5.41, 5.74) is 2.32. The van der Waals surface area contributed by atoms with Crippen molar-refractivity contribution < 1.29 is 4.74 Å². The Morgan fingerprint density at radius 1 is 1.22 bits per heavy atom. The highest BCUT2D eigenvalue weighted by atomic mass is 127. The molecule has 0 aliphatic carbocycles. The van der Waals surface area contributed by atoms with E-state index in [1.807, 2.05) is 41.2 Å². The number of guanidine groups is 1. The lowest BCUT2D eigenvalue weighted by molar-refractivity contribution is 0.0205. The van der Waals surface area contributed by atoms with E-state index in [1.165, 1.54) is 5.56 Å². The summed E-state index contributed by atoms with van der Waals surface area (Å²) in [6.45, 7) is 8.01. The van der Waals surface area contributed by atoms with E-state index in [4.69, 9.17) is 4.74 Å². The molecule has 0 fully saturated rings. The van der Waals surface area contributed by atoms with Gasteiger partial charge < -0.3 is 15.4 Å². The van der Waals surface area contributed by atoms with Crippen molar-refractivity contribution in [3.05, 3.63) is 48.3 Å². The number of para-hydroxylation sites is 1. The van der Waals surface area contributed by atoms with Crippen LogP contribution < -0.4 is 10.6 Å². The van der Waals surface area contributed by atoms with Crippen LogP contribution in [0.15, 0.2) is 47.7 Å². The zero-order valence-electron chi connectivity index (χ0n) is 16.9. The fourth-order valence-corrected chi connectivity index (χ4v) is 2.69. The standard InChI is InChI=1S/C20H31N5O.HI/c1-20(2,3)18(26-5)14-23-19(21-4)22-12-11-16-13-24-25(15-16)17-9-7-6-8-10-17;/h6-10,13,15,18H,11-12,14H2,1-5H3,(H2,21,22,23);1H. The van der Waals surface area contributed by atoms with Gasteiger partial charge in [0.15, 0.2) is 5.96 Å². The van der Waals surface area contributed by atoms with Gasteiger partial charge in [-0.25, -0.2) is 4.68 Å². The first-order valence-electron chi connectivity index (χ1n) is 9.00. The van der Waals surface area contributed by atoms with Gasteiger partial charge in [0, 0.05) is 33.4 Å². The van der Waals surface area contributed by atoms with Gasteiger partial charge in [-0.2, -0.15) is 5.10 Å². The van der Waals surface area contributed by atoms with Crippen LogP contribution in [0.3, 0.4) is 0 Å². The van der Waals surface area contributed by atoms with E-state index in [1.54, 1.807) is 14.2 Å². The SMILES string of the molecule is CN=C(NCCc1cnn(-c2ccccc2)c1)NCC(OC)C(C)(C)C.I. The van der Waals surface area contributed by atoms with Crippen molar-refractivity contribution in [2.45, 2.75) is 33.3 Å². The van der Waals surface area contributed by atoms with E-state index in [0.29, 0.717) is 6.54 Å². The molecule has 1 heterocycles. The number of hydrogen-bond acceptors (Lipinski definition) is 3. The number of aliphatic imine (C=N–C) groups is 1. The first kappa shape index (κ1) is 23.4. The van der Waals surface area contributed by atoms with Crippen LogP contribution in [0.1, 0.15) is 26.3 Å². The highest BCUT2D eigenvalue weighted by molar-refractivity contribution is 14.0. The number of methoxy groups -OCH3 is 1. The summed E-state index contributed by atoms with van der Waals surface area (Å²) in [4.78, 5) is 4.28. The average Bonchev–Trinajstić information content (AvgIpc) is 3.09. The molecule has 0 saturated carbocycles. The van der Waals surface area contributed by atoms with E-state index in [0.717, 1.165) is 24.6 Å². The van der Waals surface area contributed by atoms with Gasteiger partial charge in [0.05, 0.1) is 18.0 Å². The molecule has 150 valence electrons. The largest absolute Gasteiger partial charge is 0.379 e. The van der Waals surface area contributed by atoms with Crippen LogP contribution in [0.4, 0.5) is 0 Å². The van der Waals surface area contributed by atoms with Gasteiger partial charge in [0.1, 0.15) is 0 Å². The van der Waals surface area contributed by atoms with Crippen LogP contribution in [-0.4, -0.2) is 49.1 Å². The third-order valence-electron chi connectivity index (χ3n) is 4.29. The Morgan fingerprint density at radius 2 is 1.93 bits per heavy atom. The van der Waals surface area contributed by atoms with Crippen LogP contribution >= 0.6 is 24.0 Å². The predicted molar refractivity (Wildman–Crippen MR) is 122 cm³/mol. The van der Waals surface area contributed by atoms with E-state index in [-0.39, 0.29) is 35.5 Å². The monoisotopic (exact) mass is 485 g/mol. The third kappa shape index (κ3) is 7.50. The first-order chi connectivity index (χ1) is 12.4. The van der Waals surface area contributed by atoms with E-state index < -0.39 is 0 Å². The van der Waals surface area contributed by atoms with Gasteiger partial charge in [-0.1, -0.05) is 39.0 Å². The van der Waals surface area contributed by atoms with Crippen molar-refractivity contribution in [1.82, 2.24) is 20.4 Å². The number of halogens is 1. The molecule has 0 radical (unpaired) electrons. The molecule has 1 aromatic heterocycles. The number of benzene rings is 1. The summed E-state index contributed by atoms with van der Waals surface area (Å²) in [5, 5.41) is 11.1. The minimum absolute atomic E-state index is 0. The summed E-state index contributed by atoms with van der Waals surface area (Å²) in [6, 6.07) is 10.1. The van der Waals surface area contributed by atoms with E-state index in [9.17, 15) is 0 Å². The minimum Gasteiger partial charge on any atom is -0.379 e. The molecule has 27 heavy (non-hydrogen) atoms. The zero-order chi connectivity index (χ0) is 19.0. The normalized spacial score (nSPS) is 13.0. The molecule has 1 aromatic carbocycles. The first-order valence-corrected chi connectivity index (χ1v) is 9.00. The molecular formula is C20H32IN5O. The Hall–Kier alpha value is -1.61. The smallest absolute Gasteiger partial charge is 0.191 e. The molecule has 1 atom stereocenters. The van der Waals surface area contributed by atoms with Gasteiger partial charge in [0.2, 0.25) is 0 Å². The number of hydrogen-bond donors (Lipinski definition) is 2. The second kappa shape index (κ2) is 11.3. The lowest BCUT2D eigenvalue weighted by Crippen LogP contribution is -2.45. The maximum absolute atomic E-state index is 5.57. The average molecular weight is 485 g/mol. The van der Waals surface area contributed by atoms with Gasteiger partial charge in [-0.05, 0) is 29.5 Å². The van der Waals surface area contributed by atoms with E-state index >= 15 is 0 Å². The summed E-state index contributed by atoms with van der Waals surface area (Å²) in [6.07, 6.45) is 4.96. The molecule has 1 unspecified atom stereocenters. The maximum atomic E-state index is 5.57. The zero-order valence-corrected chi connectivity index (χ0v) is 19.2. The summed E-state index contributed by atoms with van der Waals surface area (Å²) >= 11 is 0. The lowest BCUT2D eigenvalue weighted by atomic mass is 9.89. The summed E-state index contributed by atoms with van der Waals surface area (Å²) < 4.78 is 7.47. The number of ether oxygens (including phenoxy) is 1. The second-order valence-corrected chi connectivity index (χ2v) is 7.35. The molecule has 6 nitrogen and oxygen atoms in total. The fraction of sp³-hybridized carbons (Fsp3) is 0.500. The molecule has 2 aromatic rings. The molecule has 2 rings (SSSR count). The minimum atomic E-state index is 0. The Bertz CT molecular complexity index is 694. The number of rotatable bonds is 7. The van der Waals surface area contributed by atoms with Crippen molar-refractivity contribution in [2.24, 2.45) is 10.4 Å². The highest BCUT2D eigenvalue weighted by Crippen LogP contribution is 2.20. The number of nitrogens with one attached hydrogen (secondary N) is 2. The van der Waals surface area contributed by atoms with Crippen LogP contribution in [0.25, 0.3) is 5.69 Å². The van der Waals surface area contributed by atoms with E-state index in [2.05, 4.69) is 47.7 Å². The Kier molecular flexibility index (Phi) is 9.79. The molecule has 0 saturated heterocycles. The topological polar surface area (TPSA) is 63.5 Å². The molecule has 0 bridgehead atoms. The van der Waals surface area contributed by atoms with Gasteiger partial charge in [-0.3, -0.25) is 4.99 Å². The van der Waals surface area contributed by atoms with Crippen molar-refractivity contribution in [3.8, 4) is 5.69 Å². The van der Waals surface area contributed by atoms with Crippen molar-refractivity contribution in [1.29, 1.82) is 0 Å². The Balaban J connectivity index is 0.00000364. The van der Waals surface area contributed by atoms with Crippen LogP contribution in [0, 0.1) is 5.41 Å². The highest BCUT2D eigenvalue weighted by Gasteiger charge is 2.24. The maximum Gasteiger partial charge on any atom is 0.191 e. The third-order valence-corrected chi connectivity index (χ3v) is 4.29. The Labute approximate surface area is 179 Å². The second-order valence-electron chi connectivity index (χ2n) is 7.35. The molecule has 2 N–H and O–H groups in total. The molecule has 0 aliphatic rings. The number of aromatic nitrogens is 2. The van der Waals surface area contributed by atoms with Crippen molar-refractivity contribution >= 4 is 29.9 Å². The fourth-order valence-electron chi connectivity index (χ4n) is 2.69. The molecule has 0 amide bonds. The molecule has 0 aliphatic heterocycles. The van der Waals surface area contributed by atoms with Crippen LogP contribution in [0.2, 0.25) is 0 Å². The van der Waals surface area contributed by atoms with Crippen molar-refractivity contribution in [3.63, 3.8) is 0 Å². The van der Waals surface area contributed by atoms with Gasteiger partial charge >= 0.3 is 0 Å². The number of nitrogens with zero attached hydrogens (tertiary/aromatic N) is 3. The van der Waals surface area contributed by atoms with Crippen LogP contribution in [0.5, 0.6) is 0 Å². The Morgan fingerprint density at radius 3 is 2.52 bits per heavy atom. The quantitative estimate of drug-likeness (QED) is 0.359. The van der Waals surface area contributed by atoms with Gasteiger partial charge in [0.25, 0.3) is 0 Å². The molecule has 7 heteroatoms. The predicted octanol–water partition coefficient (Wildman–Crippen LogP) is 3.26. The van der Waals surface area contributed by atoms with Crippen LogP contribution in [-0.2, 0) is 11.2 Å². The summed E-state index contributed by atoms with van der Waals surface area (Å²) in [7, 11) is 3.53.